The molecular formula is C40H53B2N4O2Pt-. The first-order valence-electron chi connectivity index (χ1n) is 17.0. The van der Waals surface area contributed by atoms with Crippen molar-refractivity contribution in [2.24, 2.45) is 0 Å². The molecule has 0 spiro atoms. The summed E-state index contributed by atoms with van der Waals surface area (Å²) >= 11 is 2.48. The third-order valence-electron chi connectivity index (χ3n) is 8.97. The molecule has 4 aromatic rings. The van der Waals surface area contributed by atoms with Crippen LogP contribution in [0.4, 0.5) is 11.4 Å². The number of aliphatic hydroxyl groups is 2. The maximum absolute atomic E-state index is 9.99. The Hall–Kier alpha value is -2.99. The summed E-state index contributed by atoms with van der Waals surface area (Å²) in [6, 6.07) is 38.1. The van der Waals surface area contributed by atoms with Crippen molar-refractivity contribution in [3.8, 4) is 0 Å². The third-order valence-corrected chi connectivity index (χ3v) is 10.1. The van der Waals surface area contributed by atoms with Crippen LogP contribution < -0.4 is 9.62 Å². The third kappa shape index (κ3) is 9.62. The minimum absolute atomic E-state index is 0.116. The van der Waals surface area contributed by atoms with Gasteiger partial charge in [-0.3, -0.25) is 0 Å². The minimum atomic E-state index is -0.633. The van der Waals surface area contributed by atoms with E-state index in [4.69, 9.17) is 0 Å². The van der Waals surface area contributed by atoms with E-state index in [-0.39, 0.29) is 24.6 Å². The van der Waals surface area contributed by atoms with Crippen LogP contribution in [0.25, 0.3) is 0 Å². The first kappa shape index (κ1) is 38.8. The Morgan fingerprint density at radius 3 is 1.45 bits per heavy atom. The van der Waals surface area contributed by atoms with E-state index in [0.29, 0.717) is 6.42 Å². The van der Waals surface area contributed by atoms with Gasteiger partial charge >= 0.3 is 208 Å². The fraction of sp³-hybridized carbons (Fsp3) is 0.375. The first-order chi connectivity index (χ1) is 23.0. The molecule has 1 aliphatic rings. The van der Waals surface area contributed by atoms with E-state index in [1.807, 2.05) is 60.7 Å². The van der Waals surface area contributed by atoms with Crippen LogP contribution in [0.2, 0.25) is 0 Å². The van der Waals surface area contributed by atoms with Gasteiger partial charge in [-0.05, 0) is 11.1 Å². The Morgan fingerprint density at radius 1 is 0.633 bits per heavy atom. The van der Waals surface area contributed by atoms with Gasteiger partial charge in [0.15, 0.2) is 0 Å². The van der Waals surface area contributed by atoms with E-state index in [2.05, 4.69) is 157 Å². The zero-order valence-corrected chi connectivity index (χ0v) is 33.1. The Labute approximate surface area is 307 Å². The van der Waals surface area contributed by atoms with Crippen LogP contribution in [-0.2, 0) is 30.2 Å². The molecule has 0 radical (unpaired) electrons. The van der Waals surface area contributed by atoms with Gasteiger partial charge in [-0.25, -0.2) is 0 Å². The minimum Gasteiger partial charge on any atom is -0.388 e. The number of benzene rings is 4. The largest absolute Gasteiger partial charge is 0.388 e. The summed E-state index contributed by atoms with van der Waals surface area (Å²) in [6.45, 7) is 13.8. The second-order valence-corrected chi connectivity index (χ2v) is 16.4. The Kier molecular flexibility index (Phi) is 13.0. The summed E-state index contributed by atoms with van der Waals surface area (Å²) in [7, 11) is 8.65. The molecule has 0 bridgehead atoms. The number of anilines is 2. The predicted molar refractivity (Wildman–Crippen MR) is 205 cm³/mol. The van der Waals surface area contributed by atoms with Crippen molar-refractivity contribution >= 4 is 29.3 Å². The summed E-state index contributed by atoms with van der Waals surface area (Å²) in [5, 5.41) is 20.0. The van der Waals surface area contributed by atoms with Gasteiger partial charge in [-0.1, -0.05) is 60.7 Å². The van der Waals surface area contributed by atoms with Crippen molar-refractivity contribution in [1.82, 2.24) is 9.62 Å². The zero-order chi connectivity index (χ0) is 36.1. The van der Waals surface area contributed by atoms with E-state index in [1.165, 1.54) is 21.0 Å². The van der Waals surface area contributed by atoms with Gasteiger partial charge in [0.05, 0.1) is 12.2 Å². The number of aliphatic hydroxyl groups excluding tert-OH is 2. The normalized spacial score (nSPS) is 15.1. The van der Waals surface area contributed by atoms with Gasteiger partial charge in [0.25, 0.3) is 0 Å². The van der Waals surface area contributed by atoms with E-state index in [1.54, 1.807) is 0 Å². The van der Waals surface area contributed by atoms with Crippen molar-refractivity contribution in [2.75, 3.05) is 37.8 Å². The van der Waals surface area contributed by atoms with Crippen LogP contribution in [-0.4, -0.2) is 65.9 Å². The molecule has 4 aromatic carbocycles. The van der Waals surface area contributed by atoms with Crippen molar-refractivity contribution in [3.63, 3.8) is 0 Å². The number of hydrogen-bond acceptors (Lipinski definition) is 6. The van der Waals surface area contributed by atoms with Crippen LogP contribution >= 0.6 is 0 Å². The molecule has 0 amide bonds. The van der Waals surface area contributed by atoms with Gasteiger partial charge in [0.1, 0.15) is 0 Å². The fourth-order valence-corrected chi connectivity index (χ4v) is 7.22. The van der Waals surface area contributed by atoms with E-state index < -0.39 is 12.2 Å². The summed E-state index contributed by atoms with van der Waals surface area (Å²) in [5.74, 6) is 0. The molecule has 0 aromatic heterocycles. The standard InChI is InChI=1S/C25H37B2N4.C15H16O2.Pt/c1-24(2,3)20-11-15-22(16-12-20)30-19-31(27(29(9)10)26(30)28(7)8)23-17-13-21(14-18-23)25(4,5)6;16-14(12-7-3-1-4-8-12)11-15(17)13-9-5-2-6-10-13;/h11-17H,1-10H3;1-10,14-17H,11H2;/q-1;;. The molecule has 2 unspecified atom stereocenters. The summed E-state index contributed by atoms with van der Waals surface area (Å²) in [5.41, 5.74) is 6.89. The molecule has 0 saturated carbocycles. The topological polar surface area (TPSA) is 53.4 Å². The van der Waals surface area contributed by atoms with Crippen LogP contribution in [0.5, 0.6) is 0 Å². The molecule has 262 valence electrons. The van der Waals surface area contributed by atoms with E-state index >= 15 is 0 Å². The monoisotopic (exact) mass is 838 g/mol. The van der Waals surface area contributed by atoms with Gasteiger partial charge in [0.2, 0.25) is 0 Å². The molecule has 2 N–H and O–H groups in total. The van der Waals surface area contributed by atoms with Crippen molar-refractivity contribution < 1.29 is 29.6 Å². The van der Waals surface area contributed by atoms with Crippen molar-refractivity contribution in [1.29, 1.82) is 0 Å². The number of hydrogen-bond donors (Lipinski definition) is 2. The van der Waals surface area contributed by atoms with Crippen LogP contribution in [0.1, 0.15) is 82.4 Å². The molecule has 1 heterocycles. The first-order valence-corrected chi connectivity index (χ1v) is 18.1. The van der Waals surface area contributed by atoms with Gasteiger partial charge in [-0.2, -0.15) is 0 Å². The van der Waals surface area contributed by atoms with Crippen molar-refractivity contribution in [2.45, 2.75) is 71.0 Å². The molecule has 49 heavy (non-hydrogen) atoms. The van der Waals surface area contributed by atoms with Gasteiger partial charge in [0, 0.05) is 6.42 Å². The summed E-state index contributed by atoms with van der Waals surface area (Å²) in [6.07, 6.45) is -0.952. The predicted octanol–water partition coefficient (Wildman–Crippen LogP) is 7.06. The fourth-order valence-electron chi connectivity index (χ4n) is 6.05. The number of nitrogens with zero attached hydrogens (tertiary/aromatic N) is 4. The second kappa shape index (κ2) is 16.4. The molecule has 6 nitrogen and oxygen atoms in total. The average molecular weight is 839 g/mol. The quantitative estimate of drug-likeness (QED) is 0.147. The van der Waals surface area contributed by atoms with E-state index in [0.717, 1.165) is 16.8 Å². The molecule has 5 rings (SSSR count). The molecule has 1 fully saturated rings. The zero-order valence-electron chi connectivity index (χ0n) is 30.8. The van der Waals surface area contributed by atoms with Crippen LogP contribution in [0.15, 0.2) is 103 Å². The Bertz CT molecular complexity index is 1500. The molecule has 1 saturated heterocycles. The smallest absolute Gasteiger partial charge is 0.0818 e. The Balaban J connectivity index is 0.000000266. The molecule has 1 aliphatic heterocycles. The van der Waals surface area contributed by atoms with Gasteiger partial charge in [-0.15, -0.1) is 0 Å². The Morgan fingerprint density at radius 2 is 1.06 bits per heavy atom. The van der Waals surface area contributed by atoms with Crippen LogP contribution in [0.3, 0.4) is 0 Å². The molecule has 0 aliphatic carbocycles. The average Bonchev–Trinajstić information content (AvgIpc) is 3.38. The second-order valence-electron chi connectivity index (χ2n) is 15.3. The molecular weight excluding hydrogens is 785 g/mol. The SMILES string of the molecule is CN(C)B1B(N(C)C)N(c2ccc(C(C)(C)C)cc2)[C](=[Pt])N1c1[c-]cc(C(C)(C)C)cc1.OC(CC(O)c1ccccc1)c1ccccc1. The molecule has 9 heteroatoms. The van der Waals surface area contributed by atoms with Crippen LogP contribution in [0, 0.1) is 6.07 Å². The number of rotatable bonds is 8. The summed E-state index contributed by atoms with van der Waals surface area (Å²) < 4.78 is 1.19. The molecule has 2 atom stereocenters. The van der Waals surface area contributed by atoms with E-state index in [9.17, 15) is 10.2 Å². The maximum Gasteiger partial charge on any atom is 0.0818 e. The summed E-state index contributed by atoms with van der Waals surface area (Å²) in [4.78, 5) is 9.48. The maximum atomic E-state index is 9.99. The van der Waals surface area contributed by atoms with Crippen molar-refractivity contribution in [3.05, 3.63) is 131 Å². The van der Waals surface area contributed by atoms with Gasteiger partial charge < -0.3 is 10.2 Å².